The molecule has 0 unspecified atom stereocenters. The molecule has 0 aliphatic carbocycles. The van der Waals surface area contributed by atoms with Gasteiger partial charge in [0.2, 0.25) is 0 Å². The second-order valence-corrected chi connectivity index (χ2v) is 6.70. The van der Waals surface area contributed by atoms with Gasteiger partial charge in [0.25, 0.3) is 5.91 Å². The van der Waals surface area contributed by atoms with Crippen LogP contribution in [0.4, 0.5) is 5.69 Å². The number of benzene rings is 1. The van der Waals surface area contributed by atoms with E-state index in [1.54, 1.807) is 11.0 Å². The molecule has 1 amide bonds. The lowest BCUT2D eigenvalue weighted by atomic mass is 10.1. The van der Waals surface area contributed by atoms with E-state index in [2.05, 4.69) is 10.2 Å². The first-order valence-corrected chi connectivity index (χ1v) is 8.51. The number of rotatable bonds is 3. The average Bonchev–Trinajstić information content (AvgIpc) is 3.01. The first-order chi connectivity index (χ1) is 11.4. The van der Waals surface area contributed by atoms with Crippen molar-refractivity contribution in [2.24, 2.45) is 10.2 Å². The van der Waals surface area contributed by atoms with Crippen molar-refractivity contribution in [3.05, 3.63) is 40.6 Å². The van der Waals surface area contributed by atoms with Crippen LogP contribution in [0.15, 0.2) is 39.6 Å². The first-order valence-electron chi connectivity index (χ1n) is 8.13. The van der Waals surface area contributed by atoms with E-state index in [4.69, 9.17) is 11.6 Å². The Morgan fingerprint density at radius 1 is 1.29 bits per heavy atom. The number of carbonyl (C=O) groups excluding carboxylic acids is 1. The van der Waals surface area contributed by atoms with Crippen molar-refractivity contribution >= 4 is 34.6 Å². The normalized spacial score (nSPS) is 20.6. The summed E-state index contributed by atoms with van der Waals surface area (Å²) in [6, 6.07) is 6.04. The molecule has 0 saturated heterocycles. The standard InChI is InChI=1S/C18H21ClN4O/c1-5-22-10-13(9-16(22)19)20-21-17-14-8-12(4)6-7-15(14)23(11(2)3)18(17)24/h6-9,11H,5,10H2,1-4H3/b20-13-,21-17-. The SMILES string of the molecule is CCN1C/C(=N\N=C2/C(=O)N(C(C)C)c3ccc(C)cc32)C=C1Cl. The highest BCUT2D eigenvalue weighted by Gasteiger charge is 2.35. The molecule has 0 atom stereocenters. The summed E-state index contributed by atoms with van der Waals surface area (Å²) in [6.45, 7) is 9.46. The van der Waals surface area contributed by atoms with Crippen LogP contribution in [0, 0.1) is 6.92 Å². The summed E-state index contributed by atoms with van der Waals surface area (Å²) in [5.74, 6) is -0.102. The van der Waals surface area contributed by atoms with Crippen molar-refractivity contribution in [2.75, 3.05) is 18.0 Å². The van der Waals surface area contributed by atoms with Gasteiger partial charge in [-0.05, 0) is 45.9 Å². The fraction of sp³-hybridized carbons (Fsp3) is 0.389. The van der Waals surface area contributed by atoms with Crippen LogP contribution in [0.2, 0.25) is 0 Å². The van der Waals surface area contributed by atoms with Crippen molar-refractivity contribution in [2.45, 2.75) is 33.7 Å². The lowest BCUT2D eigenvalue weighted by molar-refractivity contribution is -0.112. The Morgan fingerprint density at radius 3 is 2.67 bits per heavy atom. The molecule has 2 aliphatic rings. The predicted octanol–water partition coefficient (Wildman–Crippen LogP) is 3.31. The third-order valence-corrected chi connectivity index (χ3v) is 4.55. The number of halogens is 1. The number of hydrogen-bond donors (Lipinski definition) is 0. The van der Waals surface area contributed by atoms with Crippen LogP contribution in [0.25, 0.3) is 0 Å². The Morgan fingerprint density at radius 2 is 2.04 bits per heavy atom. The van der Waals surface area contributed by atoms with Crippen LogP contribution in [0.3, 0.4) is 0 Å². The number of nitrogens with zero attached hydrogens (tertiary/aromatic N) is 4. The smallest absolute Gasteiger partial charge is 0.279 e. The Kier molecular flexibility index (Phi) is 4.45. The molecule has 0 N–H and O–H groups in total. The maximum atomic E-state index is 12.8. The minimum Gasteiger partial charge on any atom is -0.357 e. The van der Waals surface area contributed by atoms with Gasteiger partial charge in [-0.15, -0.1) is 5.10 Å². The Hall–Kier alpha value is -2.14. The van der Waals surface area contributed by atoms with Gasteiger partial charge in [0.1, 0.15) is 5.16 Å². The second-order valence-electron chi connectivity index (χ2n) is 6.31. The van der Waals surface area contributed by atoms with E-state index in [0.717, 1.165) is 29.1 Å². The molecule has 0 radical (unpaired) electrons. The van der Waals surface area contributed by atoms with E-state index in [1.165, 1.54) is 0 Å². The maximum absolute atomic E-state index is 12.8. The highest BCUT2D eigenvalue weighted by atomic mass is 35.5. The Balaban J connectivity index is 2.00. The van der Waals surface area contributed by atoms with Crippen molar-refractivity contribution in [1.82, 2.24) is 4.90 Å². The van der Waals surface area contributed by atoms with Gasteiger partial charge >= 0.3 is 0 Å². The molecule has 0 bridgehead atoms. The van der Waals surface area contributed by atoms with Crippen molar-refractivity contribution in [3.8, 4) is 0 Å². The molecule has 126 valence electrons. The van der Waals surface area contributed by atoms with Gasteiger partial charge in [-0.25, -0.2) is 0 Å². The van der Waals surface area contributed by atoms with Crippen molar-refractivity contribution in [1.29, 1.82) is 0 Å². The second kappa shape index (κ2) is 6.40. The van der Waals surface area contributed by atoms with E-state index in [-0.39, 0.29) is 11.9 Å². The summed E-state index contributed by atoms with van der Waals surface area (Å²) in [6.07, 6.45) is 1.80. The molecule has 6 heteroatoms. The zero-order chi connectivity index (χ0) is 17.4. The van der Waals surface area contributed by atoms with E-state index in [0.29, 0.717) is 17.4 Å². The number of carbonyl (C=O) groups is 1. The largest absolute Gasteiger partial charge is 0.357 e. The fourth-order valence-electron chi connectivity index (χ4n) is 2.98. The molecule has 5 nitrogen and oxygen atoms in total. The van der Waals surface area contributed by atoms with Crippen molar-refractivity contribution in [3.63, 3.8) is 0 Å². The van der Waals surface area contributed by atoms with Crippen LogP contribution >= 0.6 is 11.6 Å². The Bertz CT molecular complexity index is 779. The van der Waals surface area contributed by atoms with Crippen LogP contribution in [0.5, 0.6) is 0 Å². The molecular weight excluding hydrogens is 324 g/mol. The summed E-state index contributed by atoms with van der Waals surface area (Å²) < 4.78 is 0. The van der Waals surface area contributed by atoms with E-state index in [1.807, 2.05) is 50.8 Å². The zero-order valence-corrected chi connectivity index (χ0v) is 15.1. The van der Waals surface area contributed by atoms with Crippen molar-refractivity contribution < 1.29 is 4.79 Å². The number of aryl methyl sites for hydroxylation is 1. The number of fused-ring (bicyclic) bond motifs is 1. The number of anilines is 1. The first kappa shape index (κ1) is 16.7. The molecular formula is C18H21ClN4O. The molecule has 0 fully saturated rings. The minimum atomic E-state index is -0.102. The summed E-state index contributed by atoms with van der Waals surface area (Å²) in [4.78, 5) is 16.5. The van der Waals surface area contributed by atoms with Gasteiger partial charge in [-0.2, -0.15) is 5.10 Å². The van der Waals surface area contributed by atoms with E-state index >= 15 is 0 Å². The lowest BCUT2D eigenvalue weighted by Crippen LogP contribution is -2.35. The Labute approximate surface area is 147 Å². The van der Waals surface area contributed by atoms with Crippen LogP contribution < -0.4 is 4.90 Å². The summed E-state index contributed by atoms with van der Waals surface area (Å²) >= 11 is 6.15. The van der Waals surface area contributed by atoms with E-state index in [9.17, 15) is 4.79 Å². The molecule has 0 saturated carbocycles. The predicted molar refractivity (Wildman–Crippen MR) is 99.0 cm³/mol. The highest BCUT2D eigenvalue weighted by Crippen LogP contribution is 2.32. The third-order valence-electron chi connectivity index (χ3n) is 4.21. The maximum Gasteiger partial charge on any atom is 0.279 e. The summed E-state index contributed by atoms with van der Waals surface area (Å²) in [5.41, 5.74) is 4.00. The monoisotopic (exact) mass is 344 g/mol. The minimum absolute atomic E-state index is 0.0655. The van der Waals surface area contributed by atoms with Crippen LogP contribution in [-0.4, -0.2) is 41.4 Å². The summed E-state index contributed by atoms with van der Waals surface area (Å²) in [5, 5.41) is 9.23. The van der Waals surface area contributed by atoms with Crippen LogP contribution in [0.1, 0.15) is 31.9 Å². The number of amides is 1. The van der Waals surface area contributed by atoms with Gasteiger partial charge in [-0.3, -0.25) is 4.79 Å². The van der Waals surface area contributed by atoms with Crippen LogP contribution in [-0.2, 0) is 4.79 Å². The third kappa shape index (κ3) is 2.84. The molecule has 0 aromatic heterocycles. The molecule has 1 aromatic rings. The molecule has 0 spiro atoms. The summed E-state index contributed by atoms with van der Waals surface area (Å²) in [7, 11) is 0. The lowest BCUT2D eigenvalue weighted by Gasteiger charge is -2.21. The van der Waals surface area contributed by atoms with Gasteiger partial charge < -0.3 is 9.80 Å². The number of hydrogen-bond acceptors (Lipinski definition) is 4. The molecule has 2 aliphatic heterocycles. The van der Waals surface area contributed by atoms with Gasteiger partial charge in [-0.1, -0.05) is 23.2 Å². The van der Waals surface area contributed by atoms with Gasteiger partial charge in [0, 0.05) is 18.2 Å². The molecule has 1 aromatic carbocycles. The average molecular weight is 345 g/mol. The molecule has 24 heavy (non-hydrogen) atoms. The topological polar surface area (TPSA) is 48.3 Å². The molecule has 2 heterocycles. The van der Waals surface area contributed by atoms with Gasteiger partial charge in [0.05, 0.1) is 17.9 Å². The molecule has 3 rings (SSSR count). The fourth-order valence-corrected chi connectivity index (χ4v) is 3.29. The quantitative estimate of drug-likeness (QED) is 0.624. The van der Waals surface area contributed by atoms with Gasteiger partial charge in [0.15, 0.2) is 5.71 Å². The zero-order valence-electron chi connectivity index (χ0n) is 14.4. The van der Waals surface area contributed by atoms with E-state index < -0.39 is 0 Å². The highest BCUT2D eigenvalue weighted by molar-refractivity contribution is 6.54.